The summed E-state index contributed by atoms with van der Waals surface area (Å²) < 4.78 is 13.9. The summed E-state index contributed by atoms with van der Waals surface area (Å²) in [7, 11) is 1.99. The maximum atomic E-state index is 13.0. The van der Waals surface area contributed by atoms with Crippen molar-refractivity contribution in [1.82, 2.24) is 10.2 Å². The van der Waals surface area contributed by atoms with Crippen LogP contribution >= 0.6 is 28.3 Å². The summed E-state index contributed by atoms with van der Waals surface area (Å²) in [5, 5.41) is 3.24. The van der Waals surface area contributed by atoms with Gasteiger partial charge in [0.25, 0.3) is 0 Å². The third-order valence-corrected chi connectivity index (χ3v) is 4.07. The minimum atomic E-state index is -0.186. The summed E-state index contributed by atoms with van der Waals surface area (Å²) >= 11 is 3.43. The van der Waals surface area contributed by atoms with Crippen LogP contribution in [0.4, 0.5) is 4.39 Å². The van der Waals surface area contributed by atoms with Crippen LogP contribution in [-0.4, -0.2) is 31.1 Å². The van der Waals surface area contributed by atoms with Crippen LogP contribution in [0.2, 0.25) is 0 Å². The highest BCUT2D eigenvalue weighted by molar-refractivity contribution is 9.10. The Balaban J connectivity index is 0.00000162. The molecule has 1 heterocycles. The summed E-state index contributed by atoms with van der Waals surface area (Å²) in [4.78, 5) is 2.47. The number of hydrogen-bond acceptors (Lipinski definition) is 2. The van der Waals surface area contributed by atoms with Gasteiger partial charge in [-0.2, -0.15) is 0 Å². The summed E-state index contributed by atoms with van der Waals surface area (Å²) in [5.41, 5.74) is 1.16. The average Bonchev–Trinajstić information content (AvgIpc) is 2.71. The highest BCUT2D eigenvalue weighted by atomic mass is 79.9. The lowest BCUT2D eigenvalue weighted by Crippen LogP contribution is -2.36. The number of likely N-dealkylation sites (N-methyl/N-ethyl adjacent to an activating group) is 1. The second-order valence-corrected chi connectivity index (χ2v) is 5.41. The van der Waals surface area contributed by atoms with Gasteiger partial charge in [0.2, 0.25) is 0 Å². The molecule has 0 radical (unpaired) electrons. The van der Waals surface area contributed by atoms with Gasteiger partial charge in [0.05, 0.1) is 0 Å². The van der Waals surface area contributed by atoms with E-state index < -0.39 is 0 Å². The van der Waals surface area contributed by atoms with Gasteiger partial charge in [0.1, 0.15) is 5.82 Å². The second-order valence-electron chi connectivity index (χ2n) is 4.56. The first kappa shape index (κ1) is 15.9. The molecule has 0 spiro atoms. The molecule has 1 N–H and O–H groups in total. The molecule has 102 valence electrons. The van der Waals surface area contributed by atoms with Gasteiger partial charge >= 0.3 is 0 Å². The third kappa shape index (κ3) is 3.92. The standard InChI is InChI=1S/C13H18BrFN2.ClH/c1-16-8-12-3-2-6-17(12)9-10-4-5-11(15)7-13(10)14;/h4-5,7,12,16H,2-3,6,8-9H2,1H3;1H. The highest BCUT2D eigenvalue weighted by Crippen LogP contribution is 2.24. The van der Waals surface area contributed by atoms with Crippen LogP contribution in [0.1, 0.15) is 18.4 Å². The van der Waals surface area contributed by atoms with Crippen molar-refractivity contribution >= 4 is 28.3 Å². The Hall–Kier alpha value is -0.160. The highest BCUT2D eigenvalue weighted by Gasteiger charge is 2.24. The smallest absolute Gasteiger partial charge is 0.124 e. The van der Waals surface area contributed by atoms with Gasteiger partial charge in [-0.1, -0.05) is 22.0 Å². The number of nitrogens with zero attached hydrogens (tertiary/aromatic N) is 1. The van der Waals surface area contributed by atoms with E-state index in [4.69, 9.17) is 0 Å². The Labute approximate surface area is 122 Å². The molecule has 18 heavy (non-hydrogen) atoms. The van der Waals surface area contributed by atoms with E-state index in [0.29, 0.717) is 6.04 Å². The van der Waals surface area contributed by atoms with Gasteiger partial charge in [-0.05, 0) is 44.1 Å². The zero-order valence-electron chi connectivity index (χ0n) is 10.5. The van der Waals surface area contributed by atoms with Crippen LogP contribution in [0.3, 0.4) is 0 Å². The van der Waals surface area contributed by atoms with E-state index in [9.17, 15) is 4.39 Å². The molecule has 1 aromatic carbocycles. The Bertz CT molecular complexity index is 389. The number of benzene rings is 1. The summed E-state index contributed by atoms with van der Waals surface area (Å²) in [5.74, 6) is -0.186. The minimum absolute atomic E-state index is 0. The van der Waals surface area contributed by atoms with Crippen molar-refractivity contribution < 1.29 is 4.39 Å². The van der Waals surface area contributed by atoms with Crippen LogP contribution in [0.25, 0.3) is 0 Å². The first-order valence-corrected chi connectivity index (χ1v) is 6.82. The molecule has 2 nitrogen and oxygen atoms in total. The monoisotopic (exact) mass is 336 g/mol. The molecule has 0 amide bonds. The van der Waals surface area contributed by atoms with Crippen LogP contribution in [0.15, 0.2) is 22.7 Å². The zero-order chi connectivity index (χ0) is 12.3. The van der Waals surface area contributed by atoms with Gasteiger partial charge in [-0.15, -0.1) is 12.4 Å². The molecule has 2 rings (SSSR count). The molecule has 1 unspecified atom stereocenters. The molecule has 1 saturated heterocycles. The molecule has 0 aromatic heterocycles. The lowest BCUT2D eigenvalue weighted by atomic mass is 10.2. The van der Waals surface area contributed by atoms with Crippen molar-refractivity contribution in [3.05, 3.63) is 34.1 Å². The predicted octanol–water partition coefficient (Wildman–Crippen LogP) is 3.19. The first-order chi connectivity index (χ1) is 8.20. The molecule has 5 heteroatoms. The lowest BCUT2D eigenvalue weighted by molar-refractivity contribution is 0.242. The molecule has 1 aromatic rings. The van der Waals surface area contributed by atoms with Gasteiger partial charge < -0.3 is 5.32 Å². The van der Waals surface area contributed by atoms with E-state index in [1.165, 1.54) is 18.9 Å². The quantitative estimate of drug-likeness (QED) is 0.908. The second kappa shape index (κ2) is 7.43. The fourth-order valence-electron chi connectivity index (χ4n) is 2.44. The van der Waals surface area contributed by atoms with Crippen LogP contribution < -0.4 is 5.32 Å². The zero-order valence-corrected chi connectivity index (χ0v) is 12.9. The van der Waals surface area contributed by atoms with Gasteiger partial charge in [-0.25, -0.2) is 4.39 Å². The molecular weight excluding hydrogens is 319 g/mol. The van der Waals surface area contributed by atoms with E-state index in [2.05, 4.69) is 26.1 Å². The fraction of sp³-hybridized carbons (Fsp3) is 0.538. The molecule has 0 aliphatic carbocycles. The Morgan fingerprint density at radius 1 is 1.50 bits per heavy atom. The maximum Gasteiger partial charge on any atom is 0.124 e. The molecule has 1 aliphatic heterocycles. The van der Waals surface area contributed by atoms with E-state index in [1.807, 2.05) is 13.1 Å². The molecule has 1 aliphatic rings. The number of hydrogen-bond donors (Lipinski definition) is 1. The SMILES string of the molecule is CNCC1CCCN1Cc1ccc(F)cc1Br.Cl. The van der Waals surface area contributed by atoms with Crippen molar-refractivity contribution in [2.45, 2.75) is 25.4 Å². The Morgan fingerprint density at radius 3 is 2.94 bits per heavy atom. The molecule has 1 atom stereocenters. The number of halogens is 3. The fourth-order valence-corrected chi connectivity index (χ4v) is 2.92. The first-order valence-electron chi connectivity index (χ1n) is 6.03. The number of likely N-dealkylation sites (tertiary alicyclic amines) is 1. The van der Waals surface area contributed by atoms with Crippen LogP contribution in [0.5, 0.6) is 0 Å². The van der Waals surface area contributed by atoms with Crippen molar-refractivity contribution in [3.63, 3.8) is 0 Å². The number of nitrogens with one attached hydrogen (secondary N) is 1. The van der Waals surface area contributed by atoms with Crippen molar-refractivity contribution in [2.75, 3.05) is 20.1 Å². The minimum Gasteiger partial charge on any atom is -0.318 e. The largest absolute Gasteiger partial charge is 0.318 e. The Kier molecular flexibility index (Phi) is 6.57. The van der Waals surface area contributed by atoms with E-state index >= 15 is 0 Å². The number of rotatable bonds is 4. The van der Waals surface area contributed by atoms with Crippen molar-refractivity contribution in [1.29, 1.82) is 0 Å². The van der Waals surface area contributed by atoms with Gasteiger partial charge in [-0.3, -0.25) is 4.90 Å². The average molecular weight is 338 g/mol. The van der Waals surface area contributed by atoms with Crippen LogP contribution in [-0.2, 0) is 6.54 Å². The predicted molar refractivity (Wildman–Crippen MR) is 78.7 cm³/mol. The van der Waals surface area contributed by atoms with Crippen molar-refractivity contribution in [2.24, 2.45) is 0 Å². The Morgan fingerprint density at radius 2 is 2.28 bits per heavy atom. The van der Waals surface area contributed by atoms with Crippen molar-refractivity contribution in [3.8, 4) is 0 Å². The van der Waals surface area contributed by atoms with E-state index in [1.54, 1.807) is 6.07 Å². The lowest BCUT2D eigenvalue weighted by Gasteiger charge is -2.24. The molecule has 0 saturated carbocycles. The molecule has 0 bridgehead atoms. The molecular formula is C13H19BrClFN2. The third-order valence-electron chi connectivity index (χ3n) is 3.33. The van der Waals surface area contributed by atoms with Crippen LogP contribution in [0, 0.1) is 5.82 Å². The normalized spacial score (nSPS) is 19.8. The van der Waals surface area contributed by atoms with E-state index in [-0.39, 0.29) is 18.2 Å². The summed E-state index contributed by atoms with van der Waals surface area (Å²) in [6.45, 7) is 3.06. The van der Waals surface area contributed by atoms with Gasteiger partial charge in [0, 0.05) is 23.6 Å². The summed E-state index contributed by atoms with van der Waals surface area (Å²) in [6.07, 6.45) is 2.50. The maximum absolute atomic E-state index is 13.0. The topological polar surface area (TPSA) is 15.3 Å². The molecule has 1 fully saturated rings. The van der Waals surface area contributed by atoms with E-state index in [0.717, 1.165) is 29.7 Å². The summed E-state index contributed by atoms with van der Waals surface area (Å²) in [6, 6.07) is 5.55. The van der Waals surface area contributed by atoms with Gasteiger partial charge in [0.15, 0.2) is 0 Å².